The van der Waals surface area contributed by atoms with E-state index in [9.17, 15) is 14.0 Å². The maximum Gasteiger partial charge on any atom is 0.322 e. The third kappa shape index (κ3) is 3.39. The van der Waals surface area contributed by atoms with E-state index in [4.69, 9.17) is 0 Å². The lowest BCUT2D eigenvalue weighted by Crippen LogP contribution is -2.43. The molecular weight excluding hydrogens is 369 g/mol. The lowest BCUT2D eigenvalue weighted by Gasteiger charge is -2.36. The van der Waals surface area contributed by atoms with Gasteiger partial charge in [0, 0.05) is 24.7 Å². The number of benzene rings is 2. The van der Waals surface area contributed by atoms with Crippen LogP contribution in [-0.4, -0.2) is 18.9 Å². The molecule has 0 fully saturated rings. The summed E-state index contributed by atoms with van der Waals surface area (Å²) in [4.78, 5) is 27.9. The normalized spacial score (nSPS) is 20.3. The van der Waals surface area contributed by atoms with Gasteiger partial charge in [-0.3, -0.25) is 9.69 Å². The monoisotopic (exact) mass is 393 g/mol. The lowest BCUT2D eigenvalue weighted by atomic mass is 9.73. The van der Waals surface area contributed by atoms with E-state index < -0.39 is 6.04 Å². The highest BCUT2D eigenvalue weighted by Crippen LogP contribution is 2.48. The first kappa shape index (κ1) is 19.2. The van der Waals surface area contributed by atoms with Gasteiger partial charge in [-0.2, -0.15) is 0 Å². The quantitative estimate of drug-likeness (QED) is 0.733. The Labute approximate surface area is 169 Å². The van der Waals surface area contributed by atoms with Crippen LogP contribution >= 0.6 is 0 Å². The minimum atomic E-state index is -0.648. The van der Waals surface area contributed by atoms with Crippen LogP contribution in [0.3, 0.4) is 0 Å². The highest BCUT2D eigenvalue weighted by molar-refractivity contribution is 6.05. The third-order valence-corrected chi connectivity index (χ3v) is 5.52. The van der Waals surface area contributed by atoms with Crippen molar-refractivity contribution in [2.45, 2.75) is 32.7 Å². The molecule has 2 N–H and O–H groups in total. The number of halogens is 1. The summed E-state index contributed by atoms with van der Waals surface area (Å²) < 4.78 is 13.6. The first-order chi connectivity index (χ1) is 13.8. The lowest BCUT2D eigenvalue weighted by molar-refractivity contribution is -0.118. The van der Waals surface area contributed by atoms with E-state index in [1.54, 1.807) is 24.1 Å². The van der Waals surface area contributed by atoms with Gasteiger partial charge in [0.1, 0.15) is 5.82 Å². The molecular formula is C23H24FN3O2. The van der Waals surface area contributed by atoms with E-state index in [-0.39, 0.29) is 23.0 Å². The molecule has 1 aliphatic carbocycles. The van der Waals surface area contributed by atoms with E-state index in [0.717, 1.165) is 11.4 Å². The summed E-state index contributed by atoms with van der Waals surface area (Å²) in [6.45, 7) is 4.13. The van der Waals surface area contributed by atoms with Gasteiger partial charge in [0.25, 0.3) is 0 Å². The van der Waals surface area contributed by atoms with Crippen molar-refractivity contribution in [2.75, 3.05) is 17.3 Å². The number of ketones is 1. The molecule has 1 aliphatic heterocycles. The van der Waals surface area contributed by atoms with Gasteiger partial charge in [0.2, 0.25) is 0 Å². The molecule has 4 rings (SSSR count). The topological polar surface area (TPSA) is 61.4 Å². The zero-order chi connectivity index (χ0) is 20.8. The van der Waals surface area contributed by atoms with Crippen molar-refractivity contribution in [1.29, 1.82) is 0 Å². The zero-order valence-electron chi connectivity index (χ0n) is 16.8. The molecule has 0 spiro atoms. The summed E-state index contributed by atoms with van der Waals surface area (Å²) in [5.74, 6) is -0.363. The summed E-state index contributed by atoms with van der Waals surface area (Å²) in [6, 6.07) is 12.5. The van der Waals surface area contributed by atoms with Crippen molar-refractivity contribution in [3.63, 3.8) is 0 Å². The molecule has 1 atom stereocenters. The van der Waals surface area contributed by atoms with E-state index in [1.807, 2.05) is 24.3 Å². The van der Waals surface area contributed by atoms with E-state index in [0.29, 0.717) is 29.7 Å². The van der Waals surface area contributed by atoms with Crippen LogP contribution in [0.5, 0.6) is 0 Å². The largest absolute Gasteiger partial charge is 0.357 e. The van der Waals surface area contributed by atoms with Gasteiger partial charge in [-0.1, -0.05) is 38.1 Å². The number of rotatable bonds is 1. The Morgan fingerprint density at radius 3 is 2.52 bits per heavy atom. The molecule has 1 heterocycles. The summed E-state index contributed by atoms with van der Waals surface area (Å²) >= 11 is 0. The highest BCUT2D eigenvalue weighted by Gasteiger charge is 2.43. The second-order valence-corrected chi connectivity index (χ2v) is 8.35. The maximum absolute atomic E-state index is 13.6. The number of hydrogen-bond acceptors (Lipinski definition) is 3. The summed E-state index contributed by atoms with van der Waals surface area (Å²) in [7, 11) is 1.56. The van der Waals surface area contributed by atoms with Crippen molar-refractivity contribution < 1.29 is 14.0 Å². The number of amides is 2. The smallest absolute Gasteiger partial charge is 0.322 e. The summed E-state index contributed by atoms with van der Waals surface area (Å²) in [5.41, 5.74) is 3.32. The van der Waals surface area contributed by atoms with Crippen LogP contribution in [0.4, 0.5) is 20.6 Å². The van der Waals surface area contributed by atoms with Crippen molar-refractivity contribution in [3.8, 4) is 0 Å². The Bertz CT molecular complexity index is 1010. The molecule has 0 radical (unpaired) electrons. The van der Waals surface area contributed by atoms with Gasteiger partial charge < -0.3 is 10.6 Å². The fourth-order valence-electron chi connectivity index (χ4n) is 4.29. The predicted octanol–water partition coefficient (Wildman–Crippen LogP) is 4.78. The van der Waals surface area contributed by atoms with Crippen molar-refractivity contribution in [2.24, 2.45) is 5.41 Å². The molecule has 2 amide bonds. The van der Waals surface area contributed by atoms with E-state index in [1.165, 1.54) is 12.1 Å². The van der Waals surface area contributed by atoms with E-state index >= 15 is 0 Å². The predicted molar refractivity (Wildman–Crippen MR) is 111 cm³/mol. The van der Waals surface area contributed by atoms with Crippen LogP contribution in [0.2, 0.25) is 0 Å². The van der Waals surface area contributed by atoms with Gasteiger partial charge in [-0.15, -0.1) is 0 Å². The number of hydrogen-bond donors (Lipinski definition) is 2. The Balaban J connectivity index is 2.00. The van der Waals surface area contributed by atoms with Gasteiger partial charge >= 0.3 is 6.03 Å². The molecule has 150 valence electrons. The summed E-state index contributed by atoms with van der Waals surface area (Å²) in [6.07, 6.45) is 1.07. The second-order valence-electron chi connectivity index (χ2n) is 8.35. The van der Waals surface area contributed by atoms with Crippen LogP contribution in [0.25, 0.3) is 0 Å². The van der Waals surface area contributed by atoms with Crippen LogP contribution in [0.15, 0.2) is 59.8 Å². The molecule has 2 aliphatic rings. The summed E-state index contributed by atoms with van der Waals surface area (Å²) in [5, 5.41) is 6.12. The Kier molecular flexibility index (Phi) is 4.65. The first-order valence-corrected chi connectivity index (χ1v) is 9.69. The Morgan fingerprint density at radius 2 is 1.83 bits per heavy atom. The first-order valence-electron chi connectivity index (χ1n) is 9.69. The number of carbonyl (C=O) groups is 2. The molecule has 0 aromatic heterocycles. The number of fused-ring (bicyclic) bond motifs is 1. The minimum Gasteiger partial charge on any atom is -0.357 e. The molecule has 2 aromatic carbocycles. The highest BCUT2D eigenvalue weighted by atomic mass is 19.1. The van der Waals surface area contributed by atoms with Crippen LogP contribution in [-0.2, 0) is 4.79 Å². The van der Waals surface area contributed by atoms with Gasteiger partial charge in [-0.05, 0) is 41.7 Å². The standard InChI is InChI=1S/C23H24FN3O2/c1-23(2)12-17-20(19(28)13-23)21(14-8-10-15(24)11-9-14)27(22(29)25-3)18-7-5-4-6-16(18)26-17/h4-11,21,26H,12-13H2,1-3H3,(H,25,29)/t21-/m0/s1. The molecule has 0 saturated heterocycles. The van der Waals surface area contributed by atoms with Gasteiger partial charge in [0.05, 0.1) is 17.4 Å². The van der Waals surface area contributed by atoms with Crippen molar-refractivity contribution in [1.82, 2.24) is 5.32 Å². The number of nitrogens with one attached hydrogen (secondary N) is 2. The number of anilines is 2. The molecule has 5 nitrogen and oxygen atoms in total. The number of allylic oxidation sites excluding steroid dienone is 1. The number of Topliss-reactive ketones (excluding diaryl/α,β-unsaturated/α-hetero) is 1. The number of carbonyl (C=O) groups excluding carboxylic acids is 2. The number of urea groups is 1. The van der Waals surface area contributed by atoms with Gasteiger partial charge in [0.15, 0.2) is 5.78 Å². The van der Waals surface area contributed by atoms with Crippen LogP contribution < -0.4 is 15.5 Å². The zero-order valence-corrected chi connectivity index (χ0v) is 16.8. The molecule has 2 aromatic rings. The number of para-hydroxylation sites is 2. The average Bonchev–Trinajstić information content (AvgIpc) is 2.81. The fraction of sp³-hybridized carbons (Fsp3) is 0.304. The molecule has 0 saturated carbocycles. The fourth-order valence-corrected chi connectivity index (χ4v) is 4.29. The van der Waals surface area contributed by atoms with Gasteiger partial charge in [-0.25, -0.2) is 9.18 Å². The van der Waals surface area contributed by atoms with E-state index in [2.05, 4.69) is 24.5 Å². The van der Waals surface area contributed by atoms with Crippen molar-refractivity contribution >= 4 is 23.2 Å². The SMILES string of the molecule is CNC(=O)N1c2ccccc2NC2=C(C(=O)CC(C)(C)C2)[C@@H]1c1ccc(F)cc1. The third-order valence-electron chi connectivity index (χ3n) is 5.52. The van der Waals surface area contributed by atoms with Crippen molar-refractivity contribution in [3.05, 3.63) is 71.2 Å². The molecule has 29 heavy (non-hydrogen) atoms. The minimum absolute atomic E-state index is 0.000200. The average molecular weight is 393 g/mol. The molecule has 0 unspecified atom stereocenters. The maximum atomic E-state index is 13.6. The second kappa shape index (κ2) is 7.03. The van der Waals surface area contributed by atoms with Crippen LogP contribution in [0, 0.1) is 11.2 Å². The Morgan fingerprint density at radius 1 is 1.14 bits per heavy atom. The van der Waals surface area contributed by atoms with Crippen LogP contribution in [0.1, 0.15) is 38.3 Å². The Hall–Kier alpha value is -3.15. The number of nitrogens with zero attached hydrogens (tertiary/aromatic N) is 1. The molecule has 6 heteroatoms. The molecule has 0 bridgehead atoms.